The van der Waals surface area contributed by atoms with Crippen LogP contribution >= 0.6 is 0 Å². The van der Waals surface area contributed by atoms with Gasteiger partial charge in [0.2, 0.25) is 0 Å². The second kappa shape index (κ2) is 9.71. The molecule has 0 bridgehead atoms. The first kappa shape index (κ1) is 20.4. The van der Waals surface area contributed by atoms with E-state index >= 15 is 0 Å². The van der Waals surface area contributed by atoms with E-state index in [2.05, 4.69) is 65.8 Å². The molecule has 150 valence electrons. The van der Waals surface area contributed by atoms with Crippen molar-refractivity contribution in [1.82, 2.24) is 0 Å². The van der Waals surface area contributed by atoms with E-state index in [1.54, 1.807) is 0 Å². The Hall–Kier alpha value is -2.37. The predicted octanol–water partition coefficient (Wildman–Crippen LogP) is 2.81. The van der Waals surface area contributed by atoms with Crippen LogP contribution in [0.1, 0.15) is 32.4 Å². The van der Waals surface area contributed by atoms with Gasteiger partial charge < -0.3 is 20.3 Å². The molecule has 1 aliphatic heterocycles. The second-order valence-corrected chi connectivity index (χ2v) is 7.80. The number of benzene rings is 2. The number of rotatable bonds is 7. The fourth-order valence-corrected chi connectivity index (χ4v) is 3.63. The van der Waals surface area contributed by atoms with Crippen molar-refractivity contribution >= 4 is 17.3 Å². The van der Waals surface area contributed by atoms with Gasteiger partial charge in [0.05, 0.1) is 13.2 Å². The van der Waals surface area contributed by atoms with Crippen molar-refractivity contribution in [2.45, 2.75) is 32.9 Å². The van der Waals surface area contributed by atoms with Crippen molar-refractivity contribution in [3.05, 3.63) is 60.2 Å². The first-order chi connectivity index (χ1) is 13.5. The van der Waals surface area contributed by atoms with E-state index in [0.29, 0.717) is 5.92 Å². The van der Waals surface area contributed by atoms with Crippen LogP contribution in [-0.2, 0) is 9.53 Å². The molecular weight excluding hydrogens is 350 g/mol. The highest BCUT2D eigenvalue weighted by Gasteiger charge is 2.25. The van der Waals surface area contributed by atoms with Crippen molar-refractivity contribution in [2.24, 2.45) is 5.92 Å². The van der Waals surface area contributed by atoms with Crippen LogP contribution in [0, 0.1) is 5.92 Å². The number of ether oxygens (including phenoxy) is 1. The fraction of sp³-hybridized carbons (Fsp3) is 0.435. The monoisotopic (exact) mass is 382 g/mol. The van der Waals surface area contributed by atoms with Crippen LogP contribution in [0.15, 0.2) is 54.6 Å². The van der Waals surface area contributed by atoms with E-state index < -0.39 is 0 Å². The molecule has 1 amide bonds. The van der Waals surface area contributed by atoms with Gasteiger partial charge in [-0.3, -0.25) is 4.79 Å². The number of nitrogens with one attached hydrogen (secondary N) is 1. The van der Waals surface area contributed by atoms with Crippen LogP contribution in [0.5, 0.6) is 0 Å². The van der Waals surface area contributed by atoms with Gasteiger partial charge in [0.15, 0.2) is 6.04 Å². The summed E-state index contributed by atoms with van der Waals surface area (Å²) in [6.07, 6.45) is 0. The summed E-state index contributed by atoms with van der Waals surface area (Å²) in [4.78, 5) is 15.0. The number of morpholine rings is 1. The first-order valence-corrected chi connectivity index (χ1v) is 10.2. The lowest BCUT2D eigenvalue weighted by Gasteiger charge is -2.29. The Morgan fingerprint density at radius 3 is 2.25 bits per heavy atom. The van der Waals surface area contributed by atoms with Gasteiger partial charge in [-0.25, -0.2) is 0 Å². The molecule has 1 saturated heterocycles. The van der Waals surface area contributed by atoms with E-state index in [1.807, 2.05) is 25.1 Å². The molecule has 2 atom stereocenters. The van der Waals surface area contributed by atoms with Gasteiger partial charge in [-0.05, 0) is 31.2 Å². The lowest BCUT2D eigenvalue weighted by molar-refractivity contribution is -0.718. The minimum atomic E-state index is -0.175. The lowest BCUT2D eigenvalue weighted by Crippen LogP contribution is -2.93. The summed E-state index contributed by atoms with van der Waals surface area (Å²) in [6, 6.07) is 18.6. The molecule has 1 fully saturated rings. The van der Waals surface area contributed by atoms with E-state index in [-0.39, 0.29) is 18.0 Å². The molecule has 1 aliphatic rings. The van der Waals surface area contributed by atoms with Gasteiger partial charge >= 0.3 is 0 Å². The molecule has 5 heteroatoms. The molecule has 1 heterocycles. The summed E-state index contributed by atoms with van der Waals surface area (Å²) in [5.41, 5.74) is 3.26. The first-order valence-electron chi connectivity index (χ1n) is 10.2. The molecule has 0 spiro atoms. The second-order valence-electron chi connectivity index (χ2n) is 7.80. The van der Waals surface area contributed by atoms with Crippen LogP contribution in [-0.4, -0.2) is 38.3 Å². The number of hydrogen-bond donors (Lipinski definition) is 2. The van der Waals surface area contributed by atoms with Crippen molar-refractivity contribution in [3.63, 3.8) is 0 Å². The van der Waals surface area contributed by atoms with E-state index in [1.165, 1.54) is 11.3 Å². The van der Waals surface area contributed by atoms with E-state index in [4.69, 9.17) is 4.74 Å². The topological polar surface area (TPSA) is 58.2 Å². The fourth-order valence-electron chi connectivity index (χ4n) is 3.63. The minimum Gasteiger partial charge on any atom is -0.378 e. The molecule has 2 aromatic rings. The highest BCUT2D eigenvalue weighted by atomic mass is 16.5. The molecule has 3 rings (SSSR count). The number of anilines is 2. The number of carbonyl (C=O) groups excluding carboxylic acids is 1. The third-order valence-corrected chi connectivity index (χ3v) is 5.32. The van der Waals surface area contributed by atoms with Crippen molar-refractivity contribution < 1.29 is 14.8 Å². The number of nitrogens with zero attached hydrogens (tertiary/aromatic N) is 1. The van der Waals surface area contributed by atoms with Crippen LogP contribution < -0.4 is 15.5 Å². The molecule has 0 unspecified atom stereocenters. The number of nitrogens with two attached hydrogens (primary N) is 1. The average Bonchev–Trinajstić information content (AvgIpc) is 2.73. The molecule has 3 N–H and O–H groups in total. The zero-order valence-electron chi connectivity index (χ0n) is 17.1. The Bertz CT molecular complexity index is 740. The summed E-state index contributed by atoms with van der Waals surface area (Å²) in [7, 11) is 0. The highest BCUT2D eigenvalue weighted by Crippen LogP contribution is 2.20. The normalized spacial score (nSPS) is 16.6. The summed E-state index contributed by atoms with van der Waals surface area (Å²) in [5, 5.41) is 5.22. The van der Waals surface area contributed by atoms with E-state index in [0.717, 1.165) is 32.0 Å². The van der Waals surface area contributed by atoms with Crippen LogP contribution in [0.3, 0.4) is 0 Å². The van der Waals surface area contributed by atoms with Crippen molar-refractivity contribution in [1.29, 1.82) is 0 Å². The summed E-state index contributed by atoms with van der Waals surface area (Å²) in [5.74, 6) is 0.464. The van der Waals surface area contributed by atoms with Gasteiger partial charge in [-0.1, -0.05) is 44.2 Å². The largest absolute Gasteiger partial charge is 0.378 e. The summed E-state index contributed by atoms with van der Waals surface area (Å²) in [6.45, 7) is 9.72. The Kier molecular flexibility index (Phi) is 7.06. The molecule has 0 radical (unpaired) electrons. The molecule has 0 saturated carbocycles. The Balaban J connectivity index is 1.58. The molecule has 2 aromatic carbocycles. The van der Waals surface area contributed by atoms with Crippen LogP contribution in [0.25, 0.3) is 0 Å². The maximum Gasteiger partial charge on any atom is 0.282 e. The van der Waals surface area contributed by atoms with Crippen molar-refractivity contribution in [2.75, 3.05) is 36.5 Å². The number of quaternary nitrogens is 1. The maximum absolute atomic E-state index is 12.7. The van der Waals surface area contributed by atoms with Gasteiger partial charge in [0.25, 0.3) is 5.91 Å². The van der Waals surface area contributed by atoms with Crippen LogP contribution in [0.2, 0.25) is 0 Å². The summed E-state index contributed by atoms with van der Waals surface area (Å²) >= 11 is 0. The number of amides is 1. The highest BCUT2D eigenvalue weighted by molar-refractivity contribution is 5.93. The average molecular weight is 383 g/mol. The standard InChI is InChI=1S/C23H31N3O2/c1-17(2)22(19-7-5-4-6-8-19)24-18(3)23(27)25-20-9-11-21(12-10-20)26-13-15-28-16-14-26/h4-12,17-18,22,24H,13-16H2,1-3H3,(H,25,27)/p+1/t18-,22-/m1/s1. The van der Waals surface area contributed by atoms with Gasteiger partial charge in [-0.2, -0.15) is 0 Å². The molecule has 0 aliphatic carbocycles. The zero-order chi connectivity index (χ0) is 19.9. The molecule has 28 heavy (non-hydrogen) atoms. The molecule has 0 aromatic heterocycles. The van der Waals surface area contributed by atoms with Crippen LogP contribution in [0.4, 0.5) is 11.4 Å². The van der Waals surface area contributed by atoms with Gasteiger partial charge in [0, 0.05) is 35.9 Å². The lowest BCUT2D eigenvalue weighted by atomic mass is 9.95. The third kappa shape index (κ3) is 5.33. The third-order valence-electron chi connectivity index (χ3n) is 5.32. The smallest absolute Gasteiger partial charge is 0.282 e. The number of carbonyl (C=O) groups is 1. The predicted molar refractivity (Wildman–Crippen MR) is 114 cm³/mol. The maximum atomic E-state index is 12.7. The SMILES string of the molecule is CC(C)[C@@H]([NH2+][C@H](C)C(=O)Nc1ccc(N2CCOCC2)cc1)c1ccccc1. The molecular formula is C23H32N3O2+. The summed E-state index contributed by atoms with van der Waals surface area (Å²) < 4.78 is 5.40. The van der Waals surface area contributed by atoms with Crippen molar-refractivity contribution in [3.8, 4) is 0 Å². The minimum absolute atomic E-state index is 0.0284. The Morgan fingerprint density at radius 1 is 1.00 bits per heavy atom. The zero-order valence-corrected chi connectivity index (χ0v) is 17.1. The Labute approximate surface area is 168 Å². The van der Waals surface area contributed by atoms with Gasteiger partial charge in [0.1, 0.15) is 6.04 Å². The molecule has 5 nitrogen and oxygen atoms in total. The number of hydrogen-bond acceptors (Lipinski definition) is 3. The quantitative estimate of drug-likeness (QED) is 0.774. The Morgan fingerprint density at radius 2 is 1.64 bits per heavy atom. The van der Waals surface area contributed by atoms with E-state index in [9.17, 15) is 4.79 Å². The van der Waals surface area contributed by atoms with Gasteiger partial charge in [-0.15, -0.1) is 0 Å².